The van der Waals surface area contributed by atoms with Crippen molar-refractivity contribution in [1.82, 2.24) is 19.6 Å². The lowest BCUT2D eigenvalue weighted by Crippen LogP contribution is -2.66. The summed E-state index contributed by atoms with van der Waals surface area (Å²) in [6.07, 6.45) is -6.03. The second-order valence-electron chi connectivity index (χ2n) is 15.7. The molecule has 3 aromatic rings. The van der Waals surface area contributed by atoms with Crippen molar-refractivity contribution < 1.29 is 55.0 Å². The third kappa shape index (κ3) is 8.53. The van der Waals surface area contributed by atoms with Gasteiger partial charge >= 0.3 is 18.3 Å². The van der Waals surface area contributed by atoms with Crippen molar-refractivity contribution in [2.24, 2.45) is 22.7 Å². The van der Waals surface area contributed by atoms with Gasteiger partial charge in [-0.3, -0.25) is 19.1 Å². The van der Waals surface area contributed by atoms with Crippen LogP contribution in [-0.2, 0) is 33.9 Å². The van der Waals surface area contributed by atoms with Crippen LogP contribution in [0.4, 0.5) is 30.7 Å². The summed E-state index contributed by atoms with van der Waals surface area (Å²) in [5.41, 5.74) is -0.652. The van der Waals surface area contributed by atoms with Crippen LogP contribution in [-0.4, -0.2) is 87.6 Å². The Morgan fingerprint density at radius 3 is 2.20 bits per heavy atom. The Balaban J connectivity index is 1.18. The number of ether oxygens (including phenoxy) is 1. The van der Waals surface area contributed by atoms with Gasteiger partial charge in [0, 0.05) is 43.7 Å². The van der Waals surface area contributed by atoms with Crippen molar-refractivity contribution in [2.45, 2.75) is 77.4 Å². The normalized spacial score (nSPS) is 21.5. The van der Waals surface area contributed by atoms with Crippen LogP contribution in [0.1, 0.15) is 78.1 Å². The molecule has 55 heavy (non-hydrogen) atoms. The topological polar surface area (TPSA) is 105 Å². The fraction of sp³-hybridized carbons (Fsp3) is 0.538. The second-order valence-corrected chi connectivity index (χ2v) is 15.7. The summed E-state index contributed by atoms with van der Waals surface area (Å²) in [7, 11) is 0. The molecule has 1 aliphatic carbocycles. The average molecular weight is 781 g/mol. The Labute approximate surface area is 313 Å². The van der Waals surface area contributed by atoms with E-state index in [0.717, 1.165) is 24.3 Å². The number of hydrogen-bond acceptors (Lipinski definition) is 5. The molecule has 2 amide bonds. The molecule has 3 fully saturated rings. The minimum Gasteiger partial charge on any atom is -0.481 e. The standard InChI is InChI=1S/C39H43F7N4O5/c1-36(2,39(44,45)46)35(54)49-22-37(23-49)21-48(34(53)27-15-47-50(17-27)16-24-6-12-30(40)13-7-24)18-29(37)20-55-19-26-4-3-5-31(32(26)14-33(51)52)25-8-10-28(11-9-25)38(41,42)43/h3-7,12-13,15,17,25,28-29H,8-11,14,16,18-23H2,1-2H3,(H,51,52)/t25?,28?,29-/m0/s1. The molecular formula is C39H43F7N4O5. The Morgan fingerprint density at radius 2 is 1.58 bits per heavy atom. The maximum atomic E-state index is 13.8. The first-order chi connectivity index (χ1) is 25.8. The molecule has 1 saturated carbocycles. The highest BCUT2D eigenvalue weighted by Gasteiger charge is 2.61. The number of carboxylic acid groups (broad SMARTS) is 1. The van der Waals surface area contributed by atoms with Gasteiger partial charge in [0.05, 0.1) is 43.9 Å². The summed E-state index contributed by atoms with van der Waals surface area (Å²) in [5.74, 6) is -4.99. The van der Waals surface area contributed by atoms with E-state index in [-0.39, 0.29) is 101 Å². The molecule has 9 nitrogen and oxygen atoms in total. The molecule has 2 saturated heterocycles. The van der Waals surface area contributed by atoms with Crippen LogP contribution < -0.4 is 0 Å². The molecule has 2 aromatic carbocycles. The highest BCUT2D eigenvalue weighted by Crippen LogP contribution is 2.48. The van der Waals surface area contributed by atoms with Crippen molar-refractivity contribution in [3.8, 4) is 0 Å². The van der Waals surface area contributed by atoms with Gasteiger partial charge in [0.15, 0.2) is 0 Å². The Morgan fingerprint density at radius 1 is 0.927 bits per heavy atom. The lowest BCUT2D eigenvalue weighted by molar-refractivity contribution is -0.223. The van der Waals surface area contributed by atoms with E-state index in [1.54, 1.807) is 41.4 Å². The number of rotatable bonds is 11. The fourth-order valence-electron chi connectivity index (χ4n) is 8.25. The van der Waals surface area contributed by atoms with Crippen molar-refractivity contribution in [2.75, 3.05) is 32.8 Å². The molecule has 1 spiro atoms. The molecule has 2 aliphatic heterocycles. The van der Waals surface area contributed by atoms with Crippen molar-refractivity contribution in [3.63, 3.8) is 0 Å². The number of alkyl halides is 6. The third-order valence-corrected chi connectivity index (χ3v) is 11.6. The number of amides is 2. The molecule has 1 N–H and O–H groups in total. The van der Waals surface area contributed by atoms with E-state index < -0.39 is 46.9 Å². The number of halogens is 7. The van der Waals surface area contributed by atoms with Crippen LogP contribution in [0, 0.1) is 28.5 Å². The summed E-state index contributed by atoms with van der Waals surface area (Å²) < 4.78 is 102. The SMILES string of the molecule is CC(C)(C(=O)N1CC2(CN(C(=O)c3cnn(Cc4ccc(F)cc4)c3)C[C@H]2COCc2cccc(C3CCC(C(F)(F)F)CC3)c2CC(=O)O)C1)C(F)(F)F. The van der Waals surface area contributed by atoms with Gasteiger partial charge in [-0.15, -0.1) is 0 Å². The molecule has 1 atom stereocenters. The quantitative estimate of drug-likeness (QED) is 0.206. The Bertz CT molecular complexity index is 1880. The van der Waals surface area contributed by atoms with Crippen molar-refractivity contribution >= 4 is 17.8 Å². The van der Waals surface area contributed by atoms with Gasteiger partial charge < -0.3 is 19.6 Å². The van der Waals surface area contributed by atoms with Crippen LogP contribution in [0.15, 0.2) is 54.9 Å². The predicted molar refractivity (Wildman–Crippen MR) is 184 cm³/mol. The largest absolute Gasteiger partial charge is 0.481 e. The molecule has 3 aliphatic rings. The lowest BCUT2D eigenvalue weighted by Gasteiger charge is -2.52. The van der Waals surface area contributed by atoms with Gasteiger partial charge in [0.25, 0.3) is 5.91 Å². The summed E-state index contributed by atoms with van der Waals surface area (Å²) in [6.45, 7) is 2.16. The van der Waals surface area contributed by atoms with Crippen LogP contribution in [0.5, 0.6) is 0 Å². The molecule has 3 heterocycles. The minimum atomic E-state index is -4.78. The fourth-order valence-corrected chi connectivity index (χ4v) is 8.25. The van der Waals surface area contributed by atoms with Crippen LogP contribution >= 0.6 is 0 Å². The molecule has 0 unspecified atom stereocenters. The number of nitrogens with zero attached hydrogens (tertiary/aromatic N) is 4. The molecule has 6 rings (SSSR count). The van der Waals surface area contributed by atoms with Gasteiger partial charge in [-0.25, -0.2) is 4.39 Å². The summed E-state index contributed by atoms with van der Waals surface area (Å²) >= 11 is 0. The molecular weight excluding hydrogens is 737 g/mol. The second kappa shape index (κ2) is 15.2. The summed E-state index contributed by atoms with van der Waals surface area (Å²) in [4.78, 5) is 41.5. The van der Waals surface area contributed by atoms with Gasteiger partial charge in [-0.1, -0.05) is 30.3 Å². The van der Waals surface area contributed by atoms with E-state index >= 15 is 0 Å². The summed E-state index contributed by atoms with van der Waals surface area (Å²) in [5, 5.41) is 14.0. The number of aliphatic carboxylic acids is 1. The highest BCUT2D eigenvalue weighted by molar-refractivity contribution is 5.94. The zero-order valence-corrected chi connectivity index (χ0v) is 30.4. The maximum absolute atomic E-state index is 13.8. The number of aromatic nitrogens is 2. The molecule has 0 bridgehead atoms. The Kier molecular flexibility index (Phi) is 11.1. The Hall–Kier alpha value is -4.47. The minimum absolute atomic E-state index is 0.0335. The predicted octanol–water partition coefficient (Wildman–Crippen LogP) is 7.24. The maximum Gasteiger partial charge on any atom is 0.402 e. The number of carbonyl (C=O) groups is 3. The molecule has 0 radical (unpaired) electrons. The first-order valence-electron chi connectivity index (χ1n) is 18.2. The van der Waals surface area contributed by atoms with Gasteiger partial charge in [0.1, 0.15) is 11.2 Å². The van der Waals surface area contributed by atoms with Gasteiger partial charge in [-0.2, -0.15) is 31.4 Å². The van der Waals surface area contributed by atoms with Crippen molar-refractivity contribution in [1.29, 1.82) is 0 Å². The number of hydrogen-bond donors (Lipinski definition) is 1. The van der Waals surface area contributed by atoms with Crippen LogP contribution in [0.3, 0.4) is 0 Å². The third-order valence-electron chi connectivity index (χ3n) is 11.6. The summed E-state index contributed by atoms with van der Waals surface area (Å²) in [6, 6.07) is 11.0. The van der Waals surface area contributed by atoms with Crippen LogP contribution in [0.25, 0.3) is 0 Å². The van der Waals surface area contributed by atoms with E-state index in [1.165, 1.54) is 23.0 Å². The first kappa shape index (κ1) is 40.2. The van der Waals surface area contributed by atoms with E-state index in [2.05, 4.69) is 5.10 Å². The smallest absolute Gasteiger partial charge is 0.402 e. The number of benzene rings is 2. The molecule has 1 aromatic heterocycles. The first-order valence-corrected chi connectivity index (χ1v) is 18.2. The van der Waals surface area contributed by atoms with Crippen LogP contribution in [0.2, 0.25) is 0 Å². The average Bonchev–Trinajstić information content (AvgIpc) is 3.73. The molecule has 298 valence electrons. The van der Waals surface area contributed by atoms with Gasteiger partial charge in [0.2, 0.25) is 5.91 Å². The van der Waals surface area contributed by atoms with Gasteiger partial charge in [-0.05, 0) is 79.8 Å². The van der Waals surface area contributed by atoms with E-state index in [9.17, 15) is 50.2 Å². The highest BCUT2D eigenvalue weighted by atomic mass is 19.4. The zero-order valence-electron chi connectivity index (χ0n) is 30.4. The van der Waals surface area contributed by atoms with E-state index in [0.29, 0.717) is 16.7 Å². The molecule has 16 heteroatoms. The van der Waals surface area contributed by atoms with Crippen molar-refractivity contribution in [3.05, 3.63) is 88.5 Å². The monoisotopic (exact) mass is 780 g/mol. The zero-order chi connectivity index (χ0) is 39.9. The number of carboxylic acids is 1. The number of carbonyl (C=O) groups excluding carboxylic acids is 2. The lowest BCUT2D eigenvalue weighted by atomic mass is 9.70. The van der Waals surface area contributed by atoms with E-state index in [1.807, 2.05) is 0 Å². The number of likely N-dealkylation sites (tertiary alicyclic amines) is 2. The van der Waals surface area contributed by atoms with E-state index in [4.69, 9.17) is 4.74 Å².